The summed E-state index contributed by atoms with van der Waals surface area (Å²) in [5.41, 5.74) is 1.95. The lowest BCUT2D eigenvalue weighted by molar-refractivity contribution is -0.384. The van der Waals surface area contributed by atoms with Crippen LogP contribution in [0.3, 0.4) is 0 Å². The van der Waals surface area contributed by atoms with Crippen molar-refractivity contribution in [2.75, 3.05) is 4.90 Å². The highest BCUT2D eigenvalue weighted by Crippen LogP contribution is 2.41. The number of anilines is 2. The van der Waals surface area contributed by atoms with Gasteiger partial charge >= 0.3 is 0 Å². The molecule has 10 heteroatoms. The molecule has 31 heavy (non-hydrogen) atoms. The van der Waals surface area contributed by atoms with Gasteiger partial charge in [0, 0.05) is 30.8 Å². The number of aromatic nitrogens is 3. The van der Waals surface area contributed by atoms with E-state index >= 15 is 0 Å². The van der Waals surface area contributed by atoms with Crippen LogP contribution in [0.15, 0.2) is 71.6 Å². The number of hydrogen-bond donors (Lipinski definition) is 0. The fourth-order valence-electron chi connectivity index (χ4n) is 3.07. The van der Waals surface area contributed by atoms with E-state index in [-0.39, 0.29) is 11.6 Å². The standard InChI is InChI=1S/C21H14FN5O4/c1-13(28)26(16-6-8-17(9-7-16)27(29)30)21-19(18-10-11-23-12-24-18)20(25-31-21)14-2-4-15(22)5-3-14/h2-12H,1H3. The summed E-state index contributed by atoms with van der Waals surface area (Å²) < 4.78 is 19.0. The van der Waals surface area contributed by atoms with Crippen LogP contribution in [0.2, 0.25) is 0 Å². The smallest absolute Gasteiger partial charge is 0.269 e. The lowest BCUT2D eigenvalue weighted by Crippen LogP contribution is -2.22. The second-order valence-electron chi connectivity index (χ2n) is 6.44. The van der Waals surface area contributed by atoms with Crippen molar-refractivity contribution in [1.82, 2.24) is 15.1 Å². The Morgan fingerprint density at radius 2 is 1.81 bits per heavy atom. The highest BCUT2D eigenvalue weighted by Gasteiger charge is 2.28. The molecule has 2 aromatic carbocycles. The molecule has 1 amide bonds. The van der Waals surface area contributed by atoms with E-state index in [4.69, 9.17) is 4.52 Å². The summed E-state index contributed by atoms with van der Waals surface area (Å²) in [4.78, 5) is 32.4. The molecular formula is C21H14FN5O4. The first kappa shape index (κ1) is 19.8. The Bertz CT molecular complexity index is 1240. The van der Waals surface area contributed by atoms with E-state index in [2.05, 4.69) is 15.1 Å². The van der Waals surface area contributed by atoms with Gasteiger partial charge in [0.25, 0.3) is 5.69 Å². The van der Waals surface area contributed by atoms with Gasteiger partial charge in [0.05, 0.1) is 21.9 Å². The van der Waals surface area contributed by atoms with Crippen molar-refractivity contribution < 1.29 is 18.6 Å². The zero-order valence-corrected chi connectivity index (χ0v) is 16.1. The summed E-state index contributed by atoms with van der Waals surface area (Å²) >= 11 is 0. The Morgan fingerprint density at radius 1 is 1.10 bits per heavy atom. The normalized spacial score (nSPS) is 10.6. The molecule has 0 unspecified atom stereocenters. The first-order chi connectivity index (χ1) is 15.0. The second kappa shape index (κ2) is 8.11. The largest absolute Gasteiger partial charge is 0.336 e. The summed E-state index contributed by atoms with van der Waals surface area (Å²) in [6, 6.07) is 12.7. The van der Waals surface area contributed by atoms with E-state index in [0.717, 1.165) is 0 Å². The molecule has 0 bridgehead atoms. The summed E-state index contributed by atoms with van der Waals surface area (Å²) in [5.74, 6) is -0.752. The third-order valence-corrected chi connectivity index (χ3v) is 4.47. The van der Waals surface area contributed by atoms with Crippen LogP contribution in [0.25, 0.3) is 22.5 Å². The molecule has 0 spiro atoms. The van der Waals surface area contributed by atoms with Gasteiger partial charge in [-0.1, -0.05) is 5.16 Å². The monoisotopic (exact) mass is 419 g/mol. The predicted molar refractivity (Wildman–Crippen MR) is 109 cm³/mol. The van der Waals surface area contributed by atoms with Crippen LogP contribution < -0.4 is 4.90 Å². The molecule has 9 nitrogen and oxygen atoms in total. The van der Waals surface area contributed by atoms with E-state index in [1.54, 1.807) is 6.07 Å². The van der Waals surface area contributed by atoms with Gasteiger partial charge in [-0.2, -0.15) is 0 Å². The van der Waals surface area contributed by atoms with E-state index in [1.165, 1.54) is 72.9 Å². The van der Waals surface area contributed by atoms with Crippen LogP contribution in [-0.4, -0.2) is 26.0 Å². The average molecular weight is 419 g/mol. The average Bonchev–Trinajstić information content (AvgIpc) is 3.19. The number of nitro benzene ring substituents is 1. The maximum Gasteiger partial charge on any atom is 0.269 e. The van der Waals surface area contributed by atoms with E-state index in [9.17, 15) is 19.3 Å². The van der Waals surface area contributed by atoms with Gasteiger partial charge in [-0.05, 0) is 42.5 Å². The van der Waals surface area contributed by atoms with Crippen LogP contribution >= 0.6 is 0 Å². The lowest BCUT2D eigenvalue weighted by Gasteiger charge is -2.19. The summed E-state index contributed by atoms with van der Waals surface area (Å²) in [6.45, 7) is 1.32. The first-order valence-corrected chi connectivity index (χ1v) is 9.03. The number of nitrogens with zero attached hydrogens (tertiary/aromatic N) is 5. The third-order valence-electron chi connectivity index (χ3n) is 4.47. The highest BCUT2D eigenvalue weighted by molar-refractivity contribution is 6.03. The molecule has 4 rings (SSSR count). The van der Waals surface area contributed by atoms with Gasteiger partial charge in [-0.15, -0.1) is 0 Å². The number of amides is 1. The van der Waals surface area contributed by atoms with E-state index < -0.39 is 16.6 Å². The number of non-ortho nitro benzene ring substituents is 1. The molecule has 0 fully saturated rings. The summed E-state index contributed by atoms with van der Waals surface area (Å²) in [6.07, 6.45) is 2.86. The Labute approximate surface area is 174 Å². The molecule has 0 radical (unpaired) electrons. The van der Waals surface area contributed by atoms with Crippen LogP contribution in [0.5, 0.6) is 0 Å². The van der Waals surface area contributed by atoms with Crippen molar-refractivity contribution in [2.45, 2.75) is 6.92 Å². The van der Waals surface area contributed by atoms with Crippen molar-refractivity contribution in [3.63, 3.8) is 0 Å². The maximum absolute atomic E-state index is 13.4. The number of carbonyl (C=O) groups is 1. The quantitative estimate of drug-likeness (QED) is 0.345. The Balaban J connectivity index is 1.91. The van der Waals surface area contributed by atoms with Crippen LogP contribution in [0, 0.1) is 15.9 Å². The minimum absolute atomic E-state index is 0.0689. The molecule has 0 aliphatic carbocycles. The molecule has 0 aliphatic heterocycles. The van der Waals surface area contributed by atoms with Crippen molar-refractivity contribution in [3.8, 4) is 22.5 Å². The molecular weight excluding hydrogens is 405 g/mol. The minimum Gasteiger partial charge on any atom is -0.336 e. The SMILES string of the molecule is CC(=O)N(c1ccc([N+](=O)[O-])cc1)c1onc(-c2ccc(F)cc2)c1-c1ccncn1. The molecule has 154 valence electrons. The molecule has 2 aromatic heterocycles. The van der Waals surface area contributed by atoms with Gasteiger partial charge in [0.1, 0.15) is 17.8 Å². The molecule has 0 N–H and O–H groups in total. The van der Waals surface area contributed by atoms with Crippen molar-refractivity contribution in [3.05, 3.63) is 83.1 Å². The van der Waals surface area contributed by atoms with Crippen molar-refractivity contribution in [1.29, 1.82) is 0 Å². The zero-order chi connectivity index (χ0) is 22.0. The predicted octanol–water partition coefficient (Wildman–Crippen LogP) is 4.53. The number of carbonyl (C=O) groups excluding carboxylic acids is 1. The number of halogens is 1. The van der Waals surface area contributed by atoms with E-state index in [1.807, 2.05) is 0 Å². The van der Waals surface area contributed by atoms with Gasteiger partial charge in [-0.25, -0.2) is 19.3 Å². The van der Waals surface area contributed by atoms with Crippen LogP contribution in [-0.2, 0) is 4.79 Å². The van der Waals surface area contributed by atoms with Crippen molar-refractivity contribution in [2.24, 2.45) is 0 Å². The maximum atomic E-state index is 13.4. The number of benzene rings is 2. The summed E-state index contributed by atoms with van der Waals surface area (Å²) in [7, 11) is 0. The highest BCUT2D eigenvalue weighted by atomic mass is 19.1. The fraction of sp³-hybridized carbons (Fsp3) is 0.0476. The fourth-order valence-corrected chi connectivity index (χ4v) is 3.07. The first-order valence-electron chi connectivity index (χ1n) is 9.03. The van der Waals surface area contributed by atoms with Gasteiger partial charge in [0.2, 0.25) is 11.8 Å². The number of nitro groups is 1. The molecule has 0 saturated carbocycles. The molecule has 4 aromatic rings. The lowest BCUT2D eigenvalue weighted by atomic mass is 10.0. The molecule has 0 atom stereocenters. The number of rotatable bonds is 5. The second-order valence-corrected chi connectivity index (χ2v) is 6.44. The minimum atomic E-state index is -0.532. The van der Waals surface area contributed by atoms with Crippen LogP contribution in [0.1, 0.15) is 6.92 Å². The van der Waals surface area contributed by atoms with Crippen LogP contribution in [0.4, 0.5) is 21.6 Å². The molecule has 0 aliphatic rings. The number of hydrogen-bond acceptors (Lipinski definition) is 7. The molecule has 2 heterocycles. The van der Waals surface area contributed by atoms with Crippen molar-refractivity contribution >= 4 is 23.2 Å². The van der Waals surface area contributed by atoms with Gasteiger partial charge in [-0.3, -0.25) is 14.9 Å². The Morgan fingerprint density at radius 3 is 2.39 bits per heavy atom. The Hall–Kier alpha value is -4.47. The molecule has 0 saturated heterocycles. The summed E-state index contributed by atoms with van der Waals surface area (Å²) in [5, 5.41) is 15.1. The Kier molecular flexibility index (Phi) is 5.19. The van der Waals surface area contributed by atoms with Gasteiger partial charge in [0.15, 0.2) is 0 Å². The van der Waals surface area contributed by atoms with E-state index in [0.29, 0.717) is 28.2 Å². The topological polar surface area (TPSA) is 115 Å². The zero-order valence-electron chi connectivity index (χ0n) is 16.1. The third kappa shape index (κ3) is 3.86. The van der Waals surface area contributed by atoms with Gasteiger partial charge < -0.3 is 4.52 Å².